The number of carbonyl (C=O) groups is 1. The number of thiophene rings is 1. The van der Waals surface area contributed by atoms with Crippen LogP contribution in [-0.2, 0) is 11.3 Å². The minimum Gasteiger partial charge on any atom is -0.378 e. The third kappa shape index (κ3) is 3.44. The molecule has 1 saturated carbocycles. The van der Waals surface area contributed by atoms with E-state index in [1.54, 1.807) is 17.5 Å². The summed E-state index contributed by atoms with van der Waals surface area (Å²) in [4.78, 5) is 22.8. The highest BCUT2D eigenvalue weighted by Crippen LogP contribution is 2.30. The first-order chi connectivity index (χ1) is 11.8. The quantitative estimate of drug-likeness (QED) is 0.837. The Kier molecular flexibility index (Phi) is 4.49. The third-order valence-electron chi connectivity index (χ3n) is 4.49. The van der Waals surface area contributed by atoms with Gasteiger partial charge in [0.05, 0.1) is 19.8 Å². The second-order valence-electron chi connectivity index (χ2n) is 6.24. The van der Waals surface area contributed by atoms with E-state index in [2.05, 4.69) is 21.3 Å². The van der Waals surface area contributed by atoms with E-state index in [9.17, 15) is 4.79 Å². The number of morpholine rings is 1. The molecular weight excluding hydrogens is 322 g/mol. The molecule has 0 radical (unpaired) electrons. The fourth-order valence-corrected chi connectivity index (χ4v) is 3.73. The van der Waals surface area contributed by atoms with Crippen molar-refractivity contribution in [3.8, 4) is 0 Å². The first-order valence-corrected chi connectivity index (χ1v) is 9.31. The van der Waals surface area contributed by atoms with Crippen LogP contribution in [0.1, 0.15) is 28.2 Å². The zero-order valence-electron chi connectivity index (χ0n) is 13.6. The summed E-state index contributed by atoms with van der Waals surface area (Å²) >= 11 is 1.70. The van der Waals surface area contributed by atoms with Gasteiger partial charge >= 0.3 is 0 Å². The Morgan fingerprint density at radius 1 is 1.33 bits per heavy atom. The second kappa shape index (κ2) is 6.91. The fraction of sp³-hybridized carbons (Fsp3) is 0.444. The monoisotopic (exact) mass is 343 g/mol. The molecule has 2 fully saturated rings. The molecule has 0 unspecified atom stereocenters. The number of carbonyl (C=O) groups excluding carboxylic acids is 1. The fourth-order valence-electron chi connectivity index (χ4n) is 3.03. The molecule has 5 nitrogen and oxygen atoms in total. The Bertz CT molecular complexity index is 694. The van der Waals surface area contributed by atoms with Crippen LogP contribution in [0, 0.1) is 0 Å². The second-order valence-corrected chi connectivity index (χ2v) is 7.27. The van der Waals surface area contributed by atoms with Gasteiger partial charge in [0.1, 0.15) is 5.69 Å². The summed E-state index contributed by atoms with van der Waals surface area (Å²) in [6, 6.07) is 8.39. The summed E-state index contributed by atoms with van der Waals surface area (Å²) < 4.78 is 5.40. The highest BCUT2D eigenvalue weighted by molar-refractivity contribution is 7.09. The van der Waals surface area contributed by atoms with Gasteiger partial charge in [-0.05, 0) is 36.4 Å². The molecule has 1 saturated heterocycles. The van der Waals surface area contributed by atoms with Crippen molar-refractivity contribution in [3.05, 3.63) is 46.4 Å². The lowest BCUT2D eigenvalue weighted by Gasteiger charge is -2.29. The molecule has 0 N–H and O–H groups in total. The molecule has 0 bridgehead atoms. The molecular formula is C18H21N3O2S. The van der Waals surface area contributed by atoms with E-state index in [0.717, 1.165) is 44.8 Å². The molecule has 0 aromatic carbocycles. The predicted molar refractivity (Wildman–Crippen MR) is 94.5 cm³/mol. The van der Waals surface area contributed by atoms with Gasteiger partial charge in [0, 0.05) is 35.9 Å². The van der Waals surface area contributed by atoms with Crippen LogP contribution >= 0.6 is 11.3 Å². The van der Waals surface area contributed by atoms with Gasteiger partial charge in [0.2, 0.25) is 0 Å². The topological polar surface area (TPSA) is 45.7 Å². The van der Waals surface area contributed by atoms with Crippen molar-refractivity contribution in [3.63, 3.8) is 0 Å². The summed E-state index contributed by atoms with van der Waals surface area (Å²) in [5.41, 5.74) is 1.60. The first kappa shape index (κ1) is 15.6. The number of anilines is 1. The van der Waals surface area contributed by atoms with Gasteiger partial charge in [0.25, 0.3) is 5.91 Å². The van der Waals surface area contributed by atoms with Crippen LogP contribution in [0.2, 0.25) is 0 Å². The Hall–Kier alpha value is -1.92. The van der Waals surface area contributed by atoms with Crippen molar-refractivity contribution in [2.75, 3.05) is 31.2 Å². The van der Waals surface area contributed by atoms with Crippen molar-refractivity contribution < 1.29 is 9.53 Å². The maximum Gasteiger partial charge on any atom is 0.273 e. The van der Waals surface area contributed by atoms with Crippen molar-refractivity contribution in [1.29, 1.82) is 0 Å². The largest absolute Gasteiger partial charge is 0.378 e. The van der Waals surface area contributed by atoms with Crippen molar-refractivity contribution in [2.45, 2.75) is 25.4 Å². The van der Waals surface area contributed by atoms with E-state index in [1.807, 2.05) is 23.1 Å². The van der Waals surface area contributed by atoms with Gasteiger partial charge in [-0.15, -0.1) is 11.3 Å². The average Bonchev–Trinajstić information content (AvgIpc) is 3.36. The molecule has 0 atom stereocenters. The molecule has 1 aliphatic carbocycles. The lowest BCUT2D eigenvalue weighted by Crippen LogP contribution is -2.37. The van der Waals surface area contributed by atoms with Crippen LogP contribution < -0.4 is 4.90 Å². The van der Waals surface area contributed by atoms with Crippen molar-refractivity contribution >= 4 is 22.9 Å². The Labute approximate surface area is 145 Å². The van der Waals surface area contributed by atoms with Gasteiger partial charge in [-0.1, -0.05) is 6.07 Å². The molecule has 1 amide bonds. The molecule has 3 heterocycles. The van der Waals surface area contributed by atoms with E-state index in [1.165, 1.54) is 4.88 Å². The van der Waals surface area contributed by atoms with Crippen LogP contribution in [0.3, 0.4) is 0 Å². The predicted octanol–water partition coefficient (Wildman–Crippen LogP) is 2.78. The molecule has 1 aliphatic heterocycles. The molecule has 0 spiro atoms. The van der Waals surface area contributed by atoms with Gasteiger partial charge in [-0.2, -0.15) is 0 Å². The Balaban J connectivity index is 1.53. The molecule has 2 aromatic rings. The van der Waals surface area contributed by atoms with Gasteiger partial charge in [-0.25, -0.2) is 0 Å². The van der Waals surface area contributed by atoms with E-state index in [4.69, 9.17) is 4.74 Å². The minimum atomic E-state index is 0.0426. The highest BCUT2D eigenvalue weighted by Gasteiger charge is 2.34. The number of amides is 1. The number of hydrogen-bond donors (Lipinski definition) is 0. The summed E-state index contributed by atoms with van der Waals surface area (Å²) in [5.74, 6) is 0.0426. The smallest absolute Gasteiger partial charge is 0.273 e. The standard InChI is InChI=1S/C18H21N3O2S/c22-18(21(14-3-4-14)13-16-2-1-11-24-16)17-12-15(5-6-19-17)20-7-9-23-10-8-20/h1-2,5-6,11-12,14H,3-4,7-10,13H2. The number of ether oxygens (including phenoxy) is 1. The molecule has 4 rings (SSSR count). The van der Waals surface area contributed by atoms with E-state index in [-0.39, 0.29) is 5.91 Å². The first-order valence-electron chi connectivity index (χ1n) is 8.43. The Morgan fingerprint density at radius 3 is 2.88 bits per heavy atom. The summed E-state index contributed by atoms with van der Waals surface area (Å²) in [7, 11) is 0. The lowest BCUT2D eigenvalue weighted by molar-refractivity contribution is 0.0725. The number of aromatic nitrogens is 1. The van der Waals surface area contributed by atoms with Crippen LogP contribution in [0.5, 0.6) is 0 Å². The van der Waals surface area contributed by atoms with Gasteiger partial charge in [0.15, 0.2) is 0 Å². The SMILES string of the molecule is O=C(c1cc(N2CCOCC2)ccn1)N(Cc1cccs1)C1CC1. The number of pyridine rings is 1. The zero-order valence-corrected chi connectivity index (χ0v) is 14.4. The van der Waals surface area contributed by atoms with Crippen LogP contribution in [0.4, 0.5) is 5.69 Å². The number of hydrogen-bond acceptors (Lipinski definition) is 5. The molecule has 2 aliphatic rings. The maximum absolute atomic E-state index is 13.0. The highest BCUT2D eigenvalue weighted by atomic mass is 32.1. The third-order valence-corrected chi connectivity index (χ3v) is 5.35. The zero-order chi connectivity index (χ0) is 16.4. The van der Waals surface area contributed by atoms with E-state index >= 15 is 0 Å². The molecule has 126 valence electrons. The van der Waals surface area contributed by atoms with Crippen LogP contribution in [0.15, 0.2) is 35.8 Å². The summed E-state index contributed by atoms with van der Waals surface area (Å²) in [6.07, 6.45) is 3.94. The van der Waals surface area contributed by atoms with Crippen molar-refractivity contribution in [1.82, 2.24) is 9.88 Å². The molecule has 6 heteroatoms. The summed E-state index contributed by atoms with van der Waals surface area (Å²) in [6.45, 7) is 3.87. The number of rotatable bonds is 5. The van der Waals surface area contributed by atoms with Crippen LogP contribution in [0.25, 0.3) is 0 Å². The molecule has 24 heavy (non-hydrogen) atoms. The van der Waals surface area contributed by atoms with Gasteiger partial charge in [-0.3, -0.25) is 9.78 Å². The normalized spacial score (nSPS) is 17.8. The van der Waals surface area contributed by atoms with Crippen molar-refractivity contribution in [2.24, 2.45) is 0 Å². The average molecular weight is 343 g/mol. The minimum absolute atomic E-state index is 0.0426. The van der Waals surface area contributed by atoms with Gasteiger partial charge < -0.3 is 14.5 Å². The Morgan fingerprint density at radius 2 is 2.17 bits per heavy atom. The van der Waals surface area contributed by atoms with Crippen LogP contribution in [-0.4, -0.2) is 48.1 Å². The lowest BCUT2D eigenvalue weighted by atomic mass is 10.2. The maximum atomic E-state index is 13.0. The summed E-state index contributed by atoms with van der Waals surface area (Å²) in [5, 5.41) is 2.06. The van der Waals surface area contributed by atoms with E-state index < -0.39 is 0 Å². The molecule has 2 aromatic heterocycles. The number of nitrogens with zero attached hydrogens (tertiary/aromatic N) is 3. The van der Waals surface area contributed by atoms with E-state index in [0.29, 0.717) is 18.3 Å².